The molecule has 4 heteroatoms. The molecule has 0 fully saturated rings. The molecule has 16 heavy (non-hydrogen) atoms. The van der Waals surface area contributed by atoms with E-state index >= 15 is 0 Å². The summed E-state index contributed by atoms with van der Waals surface area (Å²) in [6.07, 6.45) is 0. The minimum Gasteiger partial charge on any atom is -0.394 e. The normalized spacial score (nSPS) is 15.9. The molecule has 2 nitrogen and oxygen atoms in total. The molecule has 0 saturated heterocycles. The van der Waals surface area contributed by atoms with Gasteiger partial charge in [0.05, 0.1) is 12.1 Å². The van der Waals surface area contributed by atoms with Crippen molar-refractivity contribution in [3.8, 4) is 0 Å². The summed E-state index contributed by atoms with van der Waals surface area (Å²) < 4.78 is 0. The molecular weight excluding hydrogens is 245 g/mol. The molecule has 0 aliphatic carbocycles. The molecule has 0 aliphatic heterocycles. The molecule has 0 bridgehead atoms. The number of aliphatic hydroxyl groups is 1. The van der Waals surface area contributed by atoms with E-state index in [1.165, 1.54) is 5.54 Å². The number of hydrogen-bond donors (Lipinski definition) is 2. The van der Waals surface area contributed by atoms with Crippen molar-refractivity contribution >= 4 is 23.2 Å². The second-order valence-corrected chi connectivity index (χ2v) is 4.47. The Kier molecular flexibility index (Phi) is 5.29. The van der Waals surface area contributed by atoms with Gasteiger partial charge in [-0.1, -0.05) is 53.5 Å². The Labute approximate surface area is 106 Å². The van der Waals surface area contributed by atoms with Gasteiger partial charge in [-0.3, -0.25) is 0 Å². The van der Waals surface area contributed by atoms with Crippen LogP contribution in [0.1, 0.15) is 12.5 Å². The third-order valence-electron chi connectivity index (χ3n) is 2.49. The lowest BCUT2D eigenvalue weighted by Crippen LogP contribution is -2.43. The van der Waals surface area contributed by atoms with Crippen LogP contribution in [0.4, 0.5) is 0 Å². The minimum atomic E-state index is -0.513. The van der Waals surface area contributed by atoms with E-state index in [9.17, 15) is 5.11 Å². The Bertz CT molecular complexity index is 353. The molecule has 0 amide bonds. The highest BCUT2D eigenvalue weighted by Gasteiger charge is 2.24. The van der Waals surface area contributed by atoms with Gasteiger partial charge in [-0.2, -0.15) is 0 Å². The smallest absolute Gasteiger partial charge is 0.0652 e. The second-order valence-electron chi connectivity index (χ2n) is 3.77. The highest BCUT2D eigenvalue weighted by Crippen LogP contribution is 2.20. The first-order valence-corrected chi connectivity index (χ1v) is 5.80. The van der Waals surface area contributed by atoms with Crippen molar-refractivity contribution in [3.63, 3.8) is 0 Å². The SMILES string of the molecule is CC(CO)(NC/C(Cl)=C/Cl)c1ccccc1. The first-order valence-electron chi connectivity index (χ1n) is 4.98. The fraction of sp³-hybridized carbons (Fsp3) is 0.333. The van der Waals surface area contributed by atoms with E-state index in [1.54, 1.807) is 0 Å². The van der Waals surface area contributed by atoms with Crippen molar-refractivity contribution in [1.29, 1.82) is 0 Å². The number of halogens is 2. The van der Waals surface area contributed by atoms with Crippen LogP contribution in [0, 0.1) is 0 Å². The molecule has 0 saturated carbocycles. The Balaban J connectivity index is 2.78. The zero-order valence-electron chi connectivity index (χ0n) is 9.08. The van der Waals surface area contributed by atoms with E-state index in [4.69, 9.17) is 23.2 Å². The second kappa shape index (κ2) is 6.26. The molecule has 0 aromatic heterocycles. The number of hydrogen-bond acceptors (Lipinski definition) is 2. The lowest BCUT2D eigenvalue weighted by Gasteiger charge is -2.29. The summed E-state index contributed by atoms with van der Waals surface area (Å²) in [6, 6.07) is 9.73. The quantitative estimate of drug-likeness (QED) is 0.853. The molecule has 1 rings (SSSR count). The summed E-state index contributed by atoms with van der Waals surface area (Å²) in [7, 11) is 0. The van der Waals surface area contributed by atoms with Gasteiger partial charge < -0.3 is 10.4 Å². The van der Waals surface area contributed by atoms with Gasteiger partial charge in [0.1, 0.15) is 0 Å². The lowest BCUT2D eigenvalue weighted by atomic mass is 9.93. The van der Waals surface area contributed by atoms with E-state index in [0.29, 0.717) is 11.6 Å². The van der Waals surface area contributed by atoms with E-state index in [1.807, 2.05) is 37.3 Å². The van der Waals surface area contributed by atoms with Crippen LogP contribution < -0.4 is 5.32 Å². The van der Waals surface area contributed by atoms with Gasteiger partial charge in [-0.25, -0.2) is 0 Å². The number of rotatable bonds is 5. The van der Waals surface area contributed by atoms with Crippen LogP contribution in [0.15, 0.2) is 40.9 Å². The van der Waals surface area contributed by atoms with E-state index in [-0.39, 0.29) is 6.61 Å². The van der Waals surface area contributed by atoms with Gasteiger partial charge in [-0.05, 0) is 12.5 Å². The van der Waals surface area contributed by atoms with Gasteiger partial charge in [0, 0.05) is 17.1 Å². The average molecular weight is 260 g/mol. The Morgan fingerprint density at radius 3 is 2.56 bits per heavy atom. The summed E-state index contributed by atoms with van der Waals surface area (Å²) in [5.74, 6) is 0. The van der Waals surface area contributed by atoms with Crippen LogP contribution in [-0.4, -0.2) is 18.3 Å². The Morgan fingerprint density at radius 2 is 2.06 bits per heavy atom. The fourth-order valence-electron chi connectivity index (χ4n) is 1.37. The zero-order valence-corrected chi connectivity index (χ0v) is 10.6. The molecule has 0 radical (unpaired) electrons. The number of benzene rings is 1. The monoisotopic (exact) mass is 259 g/mol. The third kappa shape index (κ3) is 3.49. The average Bonchev–Trinajstić information content (AvgIpc) is 2.36. The van der Waals surface area contributed by atoms with Gasteiger partial charge >= 0.3 is 0 Å². The molecule has 1 atom stereocenters. The van der Waals surface area contributed by atoms with Crippen LogP contribution in [0.2, 0.25) is 0 Å². The van der Waals surface area contributed by atoms with Gasteiger partial charge in [-0.15, -0.1) is 0 Å². The topological polar surface area (TPSA) is 32.3 Å². The molecule has 0 spiro atoms. The molecule has 2 N–H and O–H groups in total. The summed E-state index contributed by atoms with van der Waals surface area (Å²) in [6.45, 7) is 2.33. The van der Waals surface area contributed by atoms with Gasteiger partial charge in [0.25, 0.3) is 0 Å². The van der Waals surface area contributed by atoms with Gasteiger partial charge in [0.2, 0.25) is 0 Å². The highest BCUT2D eigenvalue weighted by molar-refractivity contribution is 6.36. The van der Waals surface area contributed by atoms with E-state index in [0.717, 1.165) is 5.56 Å². The van der Waals surface area contributed by atoms with Crippen LogP contribution in [0.3, 0.4) is 0 Å². The van der Waals surface area contributed by atoms with Crippen molar-refractivity contribution < 1.29 is 5.11 Å². The van der Waals surface area contributed by atoms with Crippen molar-refractivity contribution in [1.82, 2.24) is 5.32 Å². The molecular formula is C12H15Cl2NO. The highest BCUT2D eigenvalue weighted by atomic mass is 35.5. The molecule has 1 aromatic rings. The Hall–Kier alpha value is -0.540. The summed E-state index contributed by atoms with van der Waals surface area (Å²) >= 11 is 11.3. The maximum atomic E-state index is 9.47. The first kappa shape index (κ1) is 13.5. The van der Waals surface area contributed by atoms with Crippen molar-refractivity contribution in [3.05, 3.63) is 46.5 Å². The number of nitrogens with one attached hydrogen (secondary N) is 1. The minimum absolute atomic E-state index is 0.0104. The summed E-state index contributed by atoms with van der Waals surface area (Å²) in [4.78, 5) is 0. The van der Waals surface area contributed by atoms with Gasteiger partial charge in [0.15, 0.2) is 0 Å². The Morgan fingerprint density at radius 1 is 1.44 bits per heavy atom. The van der Waals surface area contributed by atoms with Crippen LogP contribution in [0.5, 0.6) is 0 Å². The molecule has 1 aromatic carbocycles. The predicted molar refractivity (Wildman–Crippen MR) is 68.7 cm³/mol. The van der Waals surface area contributed by atoms with Crippen molar-refractivity contribution in [2.45, 2.75) is 12.5 Å². The summed E-state index contributed by atoms with van der Waals surface area (Å²) in [5, 5.41) is 13.2. The standard InChI is InChI=1S/C12H15Cl2NO/c1-12(9-16,15-8-11(14)7-13)10-5-3-2-4-6-10/h2-7,15-16H,8-9H2,1H3/b11-7-. The van der Waals surface area contributed by atoms with Crippen LogP contribution >= 0.6 is 23.2 Å². The van der Waals surface area contributed by atoms with E-state index in [2.05, 4.69) is 5.32 Å². The van der Waals surface area contributed by atoms with Crippen LogP contribution in [-0.2, 0) is 5.54 Å². The molecule has 1 unspecified atom stereocenters. The van der Waals surface area contributed by atoms with Crippen molar-refractivity contribution in [2.24, 2.45) is 0 Å². The predicted octanol–water partition coefficient (Wildman–Crippen LogP) is 2.80. The fourth-order valence-corrected chi connectivity index (χ4v) is 1.52. The maximum absolute atomic E-state index is 9.47. The number of aliphatic hydroxyl groups excluding tert-OH is 1. The maximum Gasteiger partial charge on any atom is 0.0652 e. The summed E-state index contributed by atoms with van der Waals surface area (Å²) in [5.41, 5.74) is 1.81. The van der Waals surface area contributed by atoms with Crippen molar-refractivity contribution in [2.75, 3.05) is 13.2 Å². The zero-order chi connectivity index (χ0) is 12.0. The molecule has 0 heterocycles. The third-order valence-corrected chi connectivity index (χ3v) is 3.11. The molecule has 88 valence electrons. The van der Waals surface area contributed by atoms with E-state index < -0.39 is 5.54 Å². The lowest BCUT2D eigenvalue weighted by molar-refractivity contribution is 0.179. The van der Waals surface area contributed by atoms with Crippen LogP contribution in [0.25, 0.3) is 0 Å². The molecule has 0 aliphatic rings. The first-order chi connectivity index (χ1) is 7.62. The largest absolute Gasteiger partial charge is 0.394 e.